The third kappa shape index (κ3) is 2.15. The molecule has 0 amide bonds. The molecular weight excluding hydrogens is 202 g/mol. The summed E-state index contributed by atoms with van der Waals surface area (Å²) in [5, 5.41) is 9.87. The van der Waals surface area contributed by atoms with Crippen LogP contribution in [0.5, 0.6) is 0 Å². The highest BCUT2D eigenvalue weighted by Crippen LogP contribution is 2.17. The van der Waals surface area contributed by atoms with Gasteiger partial charge in [0, 0.05) is 18.0 Å². The van der Waals surface area contributed by atoms with Crippen LogP contribution in [-0.4, -0.2) is 15.9 Å². The third-order valence-corrected chi connectivity index (χ3v) is 2.33. The maximum absolute atomic E-state index is 11.9. The van der Waals surface area contributed by atoms with E-state index in [1.54, 1.807) is 48.8 Å². The predicted molar refractivity (Wildman–Crippen MR) is 60.0 cm³/mol. The molecule has 0 aliphatic rings. The number of nitrogens with zero attached hydrogens (tertiary/aromatic N) is 1. The fourth-order valence-corrected chi connectivity index (χ4v) is 1.46. The lowest BCUT2D eigenvalue weighted by Gasteiger charge is -2.09. The van der Waals surface area contributed by atoms with E-state index in [0.717, 1.165) is 0 Å². The van der Waals surface area contributed by atoms with Crippen molar-refractivity contribution < 1.29 is 9.90 Å². The summed E-state index contributed by atoms with van der Waals surface area (Å²) in [5.41, 5.74) is 1.07. The van der Waals surface area contributed by atoms with Crippen LogP contribution in [0.25, 0.3) is 0 Å². The quantitative estimate of drug-likeness (QED) is 0.793. The van der Waals surface area contributed by atoms with E-state index in [-0.39, 0.29) is 5.78 Å². The van der Waals surface area contributed by atoms with E-state index in [4.69, 9.17) is 0 Å². The van der Waals surface area contributed by atoms with Crippen LogP contribution in [0.3, 0.4) is 0 Å². The number of carbonyl (C=O) groups excluding carboxylic acids is 1. The normalized spacial score (nSPS) is 12.1. The first-order valence-corrected chi connectivity index (χ1v) is 4.96. The van der Waals surface area contributed by atoms with Gasteiger partial charge in [0.25, 0.3) is 0 Å². The number of ketones is 1. The average Bonchev–Trinajstić information content (AvgIpc) is 2.39. The van der Waals surface area contributed by atoms with Gasteiger partial charge in [-0.3, -0.25) is 9.78 Å². The maximum atomic E-state index is 11.9. The second-order valence-corrected chi connectivity index (χ2v) is 3.41. The maximum Gasteiger partial charge on any atom is 0.195 e. The summed E-state index contributed by atoms with van der Waals surface area (Å²) in [6.07, 6.45) is 1.98. The first-order valence-electron chi connectivity index (χ1n) is 4.96. The number of pyridine rings is 1. The van der Waals surface area contributed by atoms with Crippen molar-refractivity contribution >= 4 is 5.78 Å². The van der Waals surface area contributed by atoms with Gasteiger partial charge in [0.15, 0.2) is 5.78 Å². The summed E-state index contributed by atoms with van der Waals surface area (Å²) < 4.78 is 0. The lowest BCUT2D eigenvalue weighted by Crippen LogP contribution is -2.12. The molecule has 1 heterocycles. The van der Waals surface area contributed by atoms with Gasteiger partial charge in [-0.2, -0.15) is 0 Å². The van der Waals surface area contributed by atoms with Crippen molar-refractivity contribution in [2.24, 2.45) is 0 Å². The Bertz CT molecular complexity index is 468. The van der Waals surface area contributed by atoms with Crippen molar-refractivity contribution in [1.82, 2.24) is 4.98 Å². The van der Waals surface area contributed by atoms with Crippen molar-refractivity contribution in [1.29, 1.82) is 0 Å². The van der Waals surface area contributed by atoms with Crippen LogP contribution in [0, 0.1) is 0 Å². The van der Waals surface area contributed by atoms with E-state index in [1.807, 2.05) is 6.07 Å². The first kappa shape index (κ1) is 10.5. The van der Waals surface area contributed by atoms with Crippen LogP contribution in [0.4, 0.5) is 0 Å². The number of aliphatic hydroxyl groups is 1. The van der Waals surface area contributed by atoms with Crippen LogP contribution >= 0.6 is 0 Å². The van der Waals surface area contributed by atoms with Crippen LogP contribution in [0.15, 0.2) is 54.9 Å². The second kappa shape index (κ2) is 4.68. The summed E-state index contributed by atoms with van der Waals surface area (Å²) in [6, 6.07) is 12.0. The summed E-state index contributed by atoms with van der Waals surface area (Å²) in [4.78, 5) is 15.7. The molecule has 2 aromatic rings. The first-order chi connectivity index (χ1) is 7.79. The number of aromatic nitrogens is 1. The molecule has 3 heteroatoms. The summed E-state index contributed by atoms with van der Waals surface area (Å²) in [6.45, 7) is 0. The van der Waals surface area contributed by atoms with Gasteiger partial charge >= 0.3 is 0 Å². The number of benzene rings is 1. The zero-order valence-electron chi connectivity index (χ0n) is 8.58. The highest BCUT2D eigenvalue weighted by Gasteiger charge is 2.18. The number of Topliss-reactive ketones (excluding diaryl/α,β-unsaturated/α-hetero) is 1. The fraction of sp³-hybridized carbons (Fsp3) is 0.0769. The number of aliphatic hydroxyl groups excluding tert-OH is 1. The largest absolute Gasteiger partial charge is 0.380 e. The Balaban J connectivity index is 2.24. The summed E-state index contributed by atoms with van der Waals surface area (Å²) in [5.74, 6) is -0.299. The Hall–Kier alpha value is -2.00. The molecule has 0 bridgehead atoms. The second-order valence-electron chi connectivity index (χ2n) is 3.41. The molecule has 16 heavy (non-hydrogen) atoms. The van der Waals surface area contributed by atoms with Gasteiger partial charge in [-0.05, 0) is 17.7 Å². The van der Waals surface area contributed by atoms with Crippen molar-refractivity contribution in [3.63, 3.8) is 0 Å². The minimum atomic E-state index is -1.12. The van der Waals surface area contributed by atoms with Gasteiger partial charge in [-0.1, -0.05) is 30.3 Å². The van der Waals surface area contributed by atoms with E-state index < -0.39 is 6.10 Å². The fourth-order valence-electron chi connectivity index (χ4n) is 1.46. The number of carbonyl (C=O) groups is 1. The molecule has 1 atom stereocenters. The Morgan fingerprint density at radius 1 is 1.06 bits per heavy atom. The molecule has 0 fully saturated rings. The zero-order valence-corrected chi connectivity index (χ0v) is 8.58. The van der Waals surface area contributed by atoms with Crippen LogP contribution in [-0.2, 0) is 0 Å². The summed E-state index contributed by atoms with van der Waals surface area (Å²) in [7, 11) is 0. The Labute approximate surface area is 93.4 Å². The Morgan fingerprint density at radius 2 is 1.69 bits per heavy atom. The van der Waals surface area contributed by atoms with E-state index in [2.05, 4.69) is 4.98 Å². The molecule has 1 aromatic carbocycles. The van der Waals surface area contributed by atoms with Gasteiger partial charge in [-0.25, -0.2) is 0 Å². The monoisotopic (exact) mass is 213 g/mol. The number of hydrogen-bond acceptors (Lipinski definition) is 3. The molecular formula is C13H11NO2. The van der Waals surface area contributed by atoms with Crippen molar-refractivity contribution in [3.05, 3.63) is 66.0 Å². The molecule has 1 N–H and O–H groups in total. The van der Waals surface area contributed by atoms with E-state index in [1.165, 1.54) is 0 Å². The summed E-state index contributed by atoms with van der Waals surface area (Å²) >= 11 is 0. The lowest BCUT2D eigenvalue weighted by molar-refractivity contribution is 0.0747. The number of hydrogen-bond donors (Lipinski definition) is 1. The molecule has 0 saturated carbocycles. The zero-order chi connectivity index (χ0) is 11.4. The molecule has 80 valence electrons. The third-order valence-electron chi connectivity index (χ3n) is 2.33. The highest BCUT2D eigenvalue weighted by atomic mass is 16.3. The average molecular weight is 213 g/mol. The van der Waals surface area contributed by atoms with Crippen LogP contribution in [0.2, 0.25) is 0 Å². The molecule has 0 spiro atoms. The standard InChI is InChI=1S/C13H11NO2/c15-12(10-4-2-1-3-5-10)13(16)11-6-8-14-9-7-11/h1-9,13,16H. The molecule has 0 aliphatic carbocycles. The van der Waals surface area contributed by atoms with Gasteiger partial charge in [-0.15, -0.1) is 0 Å². The minimum Gasteiger partial charge on any atom is -0.380 e. The van der Waals surface area contributed by atoms with Crippen molar-refractivity contribution in [3.8, 4) is 0 Å². The lowest BCUT2D eigenvalue weighted by atomic mass is 10.0. The van der Waals surface area contributed by atoms with Crippen molar-refractivity contribution in [2.75, 3.05) is 0 Å². The molecule has 1 aromatic heterocycles. The molecule has 0 radical (unpaired) electrons. The van der Waals surface area contributed by atoms with E-state index >= 15 is 0 Å². The Kier molecular flexibility index (Phi) is 3.08. The molecule has 2 rings (SSSR count). The van der Waals surface area contributed by atoms with Crippen LogP contribution < -0.4 is 0 Å². The molecule has 3 nitrogen and oxygen atoms in total. The molecule has 0 saturated heterocycles. The molecule has 0 aliphatic heterocycles. The minimum absolute atomic E-state index is 0.299. The van der Waals surface area contributed by atoms with E-state index in [9.17, 15) is 9.90 Å². The predicted octanol–water partition coefficient (Wildman–Crippen LogP) is 2.00. The van der Waals surface area contributed by atoms with Gasteiger partial charge < -0.3 is 5.11 Å². The highest BCUT2D eigenvalue weighted by molar-refractivity contribution is 5.99. The SMILES string of the molecule is O=C(c1ccccc1)C(O)c1ccncc1. The smallest absolute Gasteiger partial charge is 0.195 e. The van der Waals surface area contributed by atoms with E-state index in [0.29, 0.717) is 11.1 Å². The van der Waals surface area contributed by atoms with Crippen LogP contribution in [0.1, 0.15) is 22.0 Å². The number of rotatable bonds is 3. The molecule has 1 unspecified atom stereocenters. The van der Waals surface area contributed by atoms with Gasteiger partial charge in [0.1, 0.15) is 6.10 Å². The topological polar surface area (TPSA) is 50.2 Å². The van der Waals surface area contributed by atoms with Gasteiger partial charge in [0.05, 0.1) is 0 Å². The Morgan fingerprint density at radius 3 is 2.31 bits per heavy atom. The van der Waals surface area contributed by atoms with Crippen molar-refractivity contribution in [2.45, 2.75) is 6.10 Å². The van der Waals surface area contributed by atoms with Gasteiger partial charge in [0.2, 0.25) is 0 Å².